The third-order valence-corrected chi connectivity index (χ3v) is 4.26. The van der Waals surface area contributed by atoms with E-state index in [2.05, 4.69) is 0 Å². The second-order valence-corrected chi connectivity index (χ2v) is 5.77. The lowest BCUT2D eigenvalue weighted by atomic mass is 10.1. The van der Waals surface area contributed by atoms with Crippen molar-refractivity contribution in [3.8, 4) is 11.5 Å². The van der Waals surface area contributed by atoms with Gasteiger partial charge in [-0.1, -0.05) is 30.3 Å². The van der Waals surface area contributed by atoms with Crippen molar-refractivity contribution < 1.29 is 23.8 Å². The maximum atomic E-state index is 12.9. The van der Waals surface area contributed by atoms with Gasteiger partial charge in [0, 0.05) is 24.7 Å². The Hall–Kier alpha value is -3.02. The van der Waals surface area contributed by atoms with Gasteiger partial charge < -0.3 is 19.1 Å². The van der Waals surface area contributed by atoms with Crippen molar-refractivity contribution >= 4 is 11.9 Å². The molecule has 6 nitrogen and oxygen atoms in total. The average Bonchev–Trinajstić information content (AvgIpc) is 2.72. The molecule has 0 heterocycles. The number of carbonyl (C=O) groups excluding carboxylic acids is 2. The predicted octanol–water partition coefficient (Wildman–Crippen LogP) is 3.47. The molecular formula is C21H25NO5. The first-order chi connectivity index (χ1) is 13.0. The number of carbonyl (C=O) groups is 2. The lowest BCUT2D eigenvalue weighted by molar-refractivity contribution is -0.140. The van der Waals surface area contributed by atoms with E-state index in [1.807, 2.05) is 19.9 Å². The summed E-state index contributed by atoms with van der Waals surface area (Å²) < 4.78 is 16.1. The van der Waals surface area contributed by atoms with E-state index >= 15 is 0 Å². The summed E-state index contributed by atoms with van der Waals surface area (Å²) in [7, 11) is 2.99. The van der Waals surface area contributed by atoms with Crippen molar-refractivity contribution in [2.45, 2.75) is 20.0 Å². The number of ether oxygens (including phenoxy) is 3. The number of rotatable bonds is 8. The van der Waals surface area contributed by atoms with Crippen LogP contribution in [-0.4, -0.2) is 44.1 Å². The van der Waals surface area contributed by atoms with Gasteiger partial charge in [0.2, 0.25) is 6.10 Å². The van der Waals surface area contributed by atoms with Crippen molar-refractivity contribution in [3.63, 3.8) is 0 Å². The number of methoxy groups -OCH3 is 2. The molecule has 0 fully saturated rings. The largest absolute Gasteiger partial charge is 0.497 e. The predicted molar refractivity (Wildman–Crippen MR) is 102 cm³/mol. The molecule has 27 heavy (non-hydrogen) atoms. The minimum atomic E-state index is -1.02. The monoisotopic (exact) mass is 371 g/mol. The molecule has 0 aliphatic rings. The highest BCUT2D eigenvalue weighted by molar-refractivity contribution is 5.95. The number of hydrogen-bond acceptors (Lipinski definition) is 5. The van der Waals surface area contributed by atoms with Crippen LogP contribution in [0.1, 0.15) is 35.9 Å². The molecule has 0 aromatic heterocycles. The van der Waals surface area contributed by atoms with Crippen molar-refractivity contribution in [1.29, 1.82) is 0 Å². The SMILES string of the molecule is CCN(CC)C(=O)[C@@H](OC(=O)c1ccc(OC)cc1OC)c1ccccc1. The van der Waals surface area contributed by atoms with Gasteiger partial charge in [0.1, 0.15) is 17.1 Å². The Morgan fingerprint density at radius 3 is 2.19 bits per heavy atom. The molecule has 2 aromatic carbocycles. The fourth-order valence-corrected chi connectivity index (χ4v) is 2.73. The van der Waals surface area contributed by atoms with E-state index < -0.39 is 12.1 Å². The molecule has 0 saturated carbocycles. The van der Waals surface area contributed by atoms with Crippen molar-refractivity contribution in [2.24, 2.45) is 0 Å². The Balaban J connectivity index is 2.35. The highest BCUT2D eigenvalue weighted by Gasteiger charge is 2.29. The number of esters is 1. The third-order valence-electron chi connectivity index (χ3n) is 4.26. The first kappa shape index (κ1) is 20.3. The van der Waals surface area contributed by atoms with Crippen LogP contribution in [0.3, 0.4) is 0 Å². The van der Waals surface area contributed by atoms with Crippen LogP contribution in [0, 0.1) is 0 Å². The van der Waals surface area contributed by atoms with Gasteiger partial charge in [0.25, 0.3) is 5.91 Å². The molecule has 144 valence electrons. The van der Waals surface area contributed by atoms with Gasteiger partial charge in [-0.25, -0.2) is 4.79 Å². The lowest BCUT2D eigenvalue weighted by Crippen LogP contribution is -2.36. The minimum Gasteiger partial charge on any atom is -0.497 e. The van der Waals surface area contributed by atoms with Crippen molar-refractivity contribution in [3.05, 3.63) is 59.7 Å². The highest BCUT2D eigenvalue weighted by Crippen LogP contribution is 2.28. The van der Waals surface area contributed by atoms with E-state index in [4.69, 9.17) is 14.2 Å². The standard InChI is InChI=1S/C21H25NO5/c1-5-22(6-2)20(23)19(15-10-8-7-9-11-15)27-21(24)17-13-12-16(25-3)14-18(17)26-4/h7-14,19H,5-6H2,1-4H3/t19-/m0/s1. The molecule has 2 rings (SSSR count). The molecule has 6 heteroatoms. The molecule has 0 unspecified atom stereocenters. The molecule has 1 amide bonds. The van der Waals surface area contributed by atoms with Crippen LogP contribution < -0.4 is 9.47 Å². The van der Waals surface area contributed by atoms with Crippen molar-refractivity contribution in [1.82, 2.24) is 4.90 Å². The van der Waals surface area contributed by atoms with Crippen LogP contribution in [-0.2, 0) is 9.53 Å². The molecule has 0 spiro atoms. The molecule has 0 aliphatic carbocycles. The smallest absolute Gasteiger partial charge is 0.343 e. The Morgan fingerprint density at radius 2 is 1.63 bits per heavy atom. The Kier molecular flexibility index (Phi) is 7.23. The Bertz CT molecular complexity index is 771. The number of hydrogen-bond donors (Lipinski definition) is 0. The molecule has 0 aliphatic heterocycles. The first-order valence-electron chi connectivity index (χ1n) is 8.82. The number of likely N-dealkylation sites (N-methyl/N-ethyl adjacent to an activating group) is 1. The average molecular weight is 371 g/mol. The molecular weight excluding hydrogens is 346 g/mol. The lowest BCUT2D eigenvalue weighted by Gasteiger charge is -2.25. The fourth-order valence-electron chi connectivity index (χ4n) is 2.73. The molecule has 0 radical (unpaired) electrons. The highest BCUT2D eigenvalue weighted by atomic mass is 16.6. The summed E-state index contributed by atoms with van der Waals surface area (Å²) in [5, 5.41) is 0. The zero-order valence-corrected chi connectivity index (χ0v) is 16.1. The van der Waals surface area contributed by atoms with E-state index in [9.17, 15) is 9.59 Å². The van der Waals surface area contributed by atoms with E-state index in [-0.39, 0.29) is 11.5 Å². The fraction of sp³-hybridized carbons (Fsp3) is 0.333. The minimum absolute atomic E-state index is 0.228. The quantitative estimate of drug-likeness (QED) is 0.665. The third kappa shape index (κ3) is 4.78. The van der Waals surface area contributed by atoms with E-state index in [0.717, 1.165) is 0 Å². The topological polar surface area (TPSA) is 65.1 Å². The van der Waals surface area contributed by atoms with Gasteiger partial charge in [-0.2, -0.15) is 0 Å². The molecule has 0 saturated heterocycles. The van der Waals surface area contributed by atoms with Crippen LogP contribution in [0.5, 0.6) is 11.5 Å². The van der Waals surface area contributed by atoms with Gasteiger partial charge in [0.05, 0.1) is 14.2 Å². The molecule has 2 aromatic rings. The zero-order chi connectivity index (χ0) is 19.8. The van der Waals surface area contributed by atoms with Gasteiger partial charge in [0.15, 0.2) is 0 Å². The van der Waals surface area contributed by atoms with Crippen LogP contribution >= 0.6 is 0 Å². The van der Waals surface area contributed by atoms with E-state index in [0.29, 0.717) is 30.2 Å². The van der Waals surface area contributed by atoms with Gasteiger partial charge >= 0.3 is 5.97 Å². The summed E-state index contributed by atoms with van der Waals surface area (Å²) in [6.07, 6.45) is -1.02. The van der Waals surface area contributed by atoms with Crippen LogP contribution in [0.2, 0.25) is 0 Å². The summed E-state index contributed by atoms with van der Waals surface area (Å²) >= 11 is 0. The van der Waals surface area contributed by atoms with E-state index in [1.165, 1.54) is 14.2 Å². The first-order valence-corrected chi connectivity index (χ1v) is 8.82. The molecule has 1 atom stereocenters. The van der Waals surface area contributed by atoms with Gasteiger partial charge in [-0.3, -0.25) is 4.79 Å². The summed E-state index contributed by atoms with van der Waals surface area (Å²) in [4.78, 5) is 27.4. The van der Waals surface area contributed by atoms with Crippen molar-refractivity contribution in [2.75, 3.05) is 27.3 Å². The summed E-state index contributed by atoms with van der Waals surface area (Å²) in [5.41, 5.74) is 0.849. The maximum absolute atomic E-state index is 12.9. The van der Waals surface area contributed by atoms with Crippen LogP contribution in [0.15, 0.2) is 48.5 Å². The number of nitrogens with zero attached hydrogens (tertiary/aromatic N) is 1. The van der Waals surface area contributed by atoms with E-state index in [1.54, 1.807) is 47.4 Å². The summed E-state index contributed by atoms with van der Waals surface area (Å²) in [5.74, 6) is -0.0143. The Labute approximate surface area is 159 Å². The maximum Gasteiger partial charge on any atom is 0.343 e. The summed E-state index contributed by atoms with van der Waals surface area (Å²) in [6.45, 7) is 4.83. The summed E-state index contributed by atoms with van der Waals surface area (Å²) in [6, 6.07) is 13.8. The molecule has 0 bridgehead atoms. The normalized spacial score (nSPS) is 11.4. The second kappa shape index (κ2) is 9.62. The Morgan fingerprint density at radius 1 is 0.963 bits per heavy atom. The van der Waals surface area contributed by atoms with Gasteiger partial charge in [-0.05, 0) is 26.0 Å². The van der Waals surface area contributed by atoms with Gasteiger partial charge in [-0.15, -0.1) is 0 Å². The molecule has 0 N–H and O–H groups in total. The second-order valence-electron chi connectivity index (χ2n) is 5.77. The number of amides is 1. The van der Waals surface area contributed by atoms with Crippen LogP contribution in [0.25, 0.3) is 0 Å². The zero-order valence-electron chi connectivity index (χ0n) is 16.1. The number of benzene rings is 2. The van der Waals surface area contributed by atoms with Crippen LogP contribution in [0.4, 0.5) is 0 Å².